The first-order valence-corrected chi connectivity index (χ1v) is 5.54. The predicted octanol–water partition coefficient (Wildman–Crippen LogP) is 1.41. The van der Waals surface area contributed by atoms with Crippen molar-refractivity contribution < 1.29 is 9.84 Å². The fraction of sp³-hybridized carbons (Fsp3) is 1.00. The molecular formula is C11H25NO2. The van der Waals surface area contributed by atoms with E-state index < -0.39 is 0 Å². The van der Waals surface area contributed by atoms with Crippen LogP contribution in [0.25, 0.3) is 0 Å². The molecule has 14 heavy (non-hydrogen) atoms. The van der Waals surface area contributed by atoms with Crippen LogP contribution in [0.2, 0.25) is 0 Å². The van der Waals surface area contributed by atoms with Crippen molar-refractivity contribution in [3.05, 3.63) is 0 Å². The molecule has 0 aromatic carbocycles. The van der Waals surface area contributed by atoms with Crippen LogP contribution in [-0.4, -0.2) is 38.0 Å². The Bertz CT molecular complexity index is 118. The Morgan fingerprint density at radius 2 is 1.93 bits per heavy atom. The highest BCUT2D eigenvalue weighted by Crippen LogP contribution is 2.01. The third-order valence-corrected chi connectivity index (χ3v) is 2.15. The fourth-order valence-corrected chi connectivity index (χ4v) is 1.30. The molecule has 1 unspecified atom stereocenters. The first-order valence-electron chi connectivity index (χ1n) is 5.54. The van der Waals surface area contributed by atoms with E-state index in [-0.39, 0.29) is 6.10 Å². The van der Waals surface area contributed by atoms with Crippen molar-refractivity contribution in [3.63, 3.8) is 0 Å². The van der Waals surface area contributed by atoms with Gasteiger partial charge < -0.3 is 15.2 Å². The van der Waals surface area contributed by atoms with Crippen LogP contribution in [0.5, 0.6) is 0 Å². The SMILES string of the molecule is COCC(O)CCNCCCC(C)C. The predicted molar refractivity (Wildman–Crippen MR) is 59.4 cm³/mol. The summed E-state index contributed by atoms with van der Waals surface area (Å²) in [7, 11) is 1.61. The summed E-state index contributed by atoms with van der Waals surface area (Å²) in [5.41, 5.74) is 0. The summed E-state index contributed by atoms with van der Waals surface area (Å²) in [5, 5.41) is 12.6. The maximum absolute atomic E-state index is 9.33. The smallest absolute Gasteiger partial charge is 0.0785 e. The molecule has 0 aromatic rings. The van der Waals surface area contributed by atoms with E-state index in [4.69, 9.17) is 4.74 Å². The molecule has 2 N–H and O–H groups in total. The maximum atomic E-state index is 9.33. The van der Waals surface area contributed by atoms with Crippen molar-refractivity contribution in [2.24, 2.45) is 5.92 Å². The average molecular weight is 203 g/mol. The van der Waals surface area contributed by atoms with E-state index >= 15 is 0 Å². The quantitative estimate of drug-likeness (QED) is 0.557. The molecule has 86 valence electrons. The van der Waals surface area contributed by atoms with E-state index in [0.717, 1.165) is 25.4 Å². The Morgan fingerprint density at radius 3 is 2.50 bits per heavy atom. The van der Waals surface area contributed by atoms with Gasteiger partial charge in [-0.3, -0.25) is 0 Å². The molecule has 0 saturated carbocycles. The van der Waals surface area contributed by atoms with Crippen LogP contribution in [-0.2, 0) is 4.74 Å². The minimum Gasteiger partial charge on any atom is -0.391 e. The molecule has 0 spiro atoms. The second-order valence-electron chi connectivity index (χ2n) is 4.18. The molecule has 0 aliphatic rings. The van der Waals surface area contributed by atoms with Crippen molar-refractivity contribution >= 4 is 0 Å². The zero-order valence-corrected chi connectivity index (χ0v) is 9.75. The zero-order chi connectivity index (χ0) is 10.8. The van der Waals surface area contributed by atoms with Gasteiger partial charge in [0.15, 0.2) is 0 Å². The summed E-state index contributed by atoms with van der Waals surface area (Å²) >= 11 is 0. The van der Waals surface area contributed by atoms with Gasteiger partial charge in [-0.05, 0) is 38.3 Å². The van der Waals surface area contributed by atoms with Crippen LogP contribution in [0.3, 0.4) is 0 Å². The van der Waals surface area contributed by atoms with Crippen LogP contribution < -0.4 is 5.32 Å². The first kappa shape index (κ1) is 13.9. The van der Waals surface area contributed by atoms with E-state index in [9.17, 15) is 5.11 Å². The number of rotatable bonds is 9. The molecule has 0 saturated heterocycles. The molecule has 0 amide bonds. The Kier molecular flexibility index (Phi) is 9.35. The van der Waals surface area contributed by atoms with Gasteiger partial charge in [0.05, 0.1) is 12.7 Å². The van der Waals surface area contributed by atoms with Gasteiger partial charge >= 0.3 is 0 Å². The highest BCUT2D eigenvalue weighted by molar-refractivity contribution is 4.57. The molecule has 0 heterocycles. The third-order valence-electron chi connectivity index (χ3n) is 2.15. The summed E-state index contributed by atoms with van der Waals surface area (Å²) in [4.78, 5) is 0. The zero-order valence-electron chi connectivity index (χ0n) is 9.75. The molecular weight excluding hydrogens is 178 g/mol. The summed E-state index contributed by atoms with van der Waals surface area (Å²) < 4.78 is 4.84. The van der Waals surface area contributed by atoms with Gasteiger partial charge in [0.2, 0.25) is 0 Å². The summed E-state index contributed by atoms with van der Waals surface area (Å²) in [6.45, 7) is 6.85. The Morgan fingerprint density at radius 1 is 1.21 bits per heavy atom. The first-order chi connectivity index (χ1) is 6.66. The molecule has 0 aliphatic carbocycles. The Balaban J connectivity index is 3.05. The number of methoxy groups -OCH3 is 1. The lowest BCUT2D eigenvalue weighted by atomic mass is 10.1. The van der Waals surface area contributed by atoms with Crippen molar-refractivity contribution in [1.82, 2.24) is 5.32 Å². The van der Waals surface area contributed by atoms with Crippen molar-refractivity contribution in [2.45, 2.75) is 39.2 Å². The van der Waals surface area contributed by atoms with Gasteiger partial charge in [-0.2, -0.15) is 0 Å². The molecule has 0 rings (SSSR count). The molecule has 1 atom stereocenters. The monoisotopic (exact) mass is 203 g/mol. The minimum absolute atomic E-state index is 0.322. The van der Waals surface area contributed by atoms with Crippen LogP contribution >= 0.6 is 0 Å². The van der Waals surface area contributed by atoms with Crippen molar-refractivity contribution in [2.75, 3.05) is 26.8 Å². The lowest BCUT2D eigenvalue weighted by Crippen LogP contribution is -2.24. The Hall–Kier alpha value is -0.120. The van der Waals surface area contributed by atoms with Gasteiger partial charge in [-0.1, -0.05) is 13.8 Å². The summed E-state index contributed by atoms with van der Waals surface area (Å²) in [5.74, 6) is 0.788. The number of ether oxygens (including phenoxy) is 1. The van der Waals surface area contributed by atoms with Gasteiger partial charge in [0.1, 0.15) is 0 Å². The molecule has 0 radical (unpaired) electrons. The van der Waals surface area contributed by atoms with Crippen molar-refractivity contribution in [1.29, 1.82) is 0 Å². The number of hydrogen-bond donors (Lipinski definition) is 2. The Labute approximate surface area is 87.8 Å². The van der Waals surface area contributed by atoms with Gasteiger partial charge in [0, 0.05) is 7.11 Å². The van der Waals surface area contributed by atoms with Gasteiger partial charge in [0.25, 0.3) is 0 Å². The largest absolute Gasteiger partial charge is 0.391 e. The van der Waals surface area contributed by atoms with E-state index in [1.54, 1.807) is 7.11 Å². The van der Waals surface area contributed by atoms with E-state index in [1.807, 2.05) is 0 Å². The normalized spacial score (nSPS) is 13.5. The molecule has 0 aliphatic heterocycles. The van der Waals surface area contributed by atoms with E-state index in [0.29, 0.717) is 6.61 Å². The van der Waals surface area contributed by atoms with Crippen LogP contribution in [0.4, 0.5) is 0 Å². The molecule has 3 nitrogen and oxygen atoms in total. The van der Waals surface area contributed by atoms with Crippen molar-refractivity contribution in [3.8, 4) is 0 Å². The molecule has 0 aromatic heterocycles. The number of aliphatic hydroxyl groups excluding tert-OH is 1. The fourth-order valence-electron chi connectivity index (χ4n) is 1.30. The lowest BCUT2D eigenvalue weighted by Gasteiger charge is -2.10. The lowest BCUT2D eigenvalue weighted by molar-refractivity contribution is 0.0594. The number of nitrogens with one attached hydrogen (secondary N) is 1. The topological polar surface area (TPSA) is 41.5 Å². The molecule has 0 fully saturated rings. The standard InChI is InChI=1S/C11H25NO2/c1-10(2)5-4-7-12-8-6-11(13)9-14-3/h10-13H,4-9H2,1-3H3. The van der Waals surface area contributed by atoms with Crippen LogP contribution in [0.1, 0.15) is 33.1 Å². The maximum Gasteiger partial charge on any atom is 0.0785 e. The highest BCUT2D eigenvalue weighted by atomic mass is 16.5. The second kappa shape index (κ2) is 9.44. The summed E-state index contributed by atoms with van der Waals surface area (Å²) in [6.07, 6.45) is 2.94. The number of hydrogen-bond acceptors (Lipinski definition) is 3. The molecule has 0 bridgehead atoms. The number of aliphatic hydroxyl groups is 1. The molecule has 3 heteroatoms. The third kappa shape index (κ3) is 9.96. The van der Waals surface area contributed by atoms with Gasteiger partial charge in [-0.25, -0.2) is 0 Å². The van der Waals surface area contributed by atoms with E-state index in [2.05, 4.69) is 19.2 Å². The van der Waals surface area contributed by atoms with Crippen LogP contribution in [0, 0.1) is 5.92 Å². The van der Waals surface area contributed by atoms with E-state index in [1.165, 1.54) is 12.8 Å². The summed E-state index contributed by atoms with van der Waals surface area (Å²) in [6, 6.07) is 0. The van der Waals surface area contributed by atoms with Gasteiger partial charge in [-0.15, -0.1) is 0 Å². The highest BCUT2D eigenvalue weighted by Gasteiger charge is 2.01. The minimum atomic E-state index is -0.322. The average Bonchev–Trinajstić information content (AvgIpc) is 2.11. The second-order valence-corrected chi connectivity index (χ2v) is 4.18. The van der Waals surface area contributed by atoms with Crippen LogP contribution in [0.15, 0.2) is 0 Å².